The summed E-state index contributed by atoms with van der Waals surface area (Å²) in [5, 5.41) is 17.6. The number of benzene rings is 1. The zero-order valence-electron chi connectivity index (χ0n) is 21.8. The van der Waals surface area contributed by atoms with Crippen molar-refractivity contribution < 1.29 is 24.3 Å². The number of amides is 3. The van der Waals surface area contributed by atoms with Crippen molar-refractivity contribution in [2.24, 2.45) is 23.3 Å². The maximum atomic E-state index is 13.2. The van der Waals surface area contributed by atoms with Crippen LogP contribution in [0.5, 0.6) is 0 Å². The number of carboxylic acids is 1. The van der Waals surface area contributed by atoms with Gasteiger partial charge in [0.05, 0.1) is 6.04 Å². The highest BCUT2D eigenvalue weighted by Crippen LogP contribution is 2.10. The molecule has 5 atom stereocenters. The molecule has 0 heterocycles. The maximum Gasteiger partial charge on any atom is 0.326 e. The summed E-state index contributed by atoms with van der Waals surface area (Å²) in [7, 11) is 0. The maximum absolute atomic E-state index is 13.2. The zero-order valence-corrected chi connectivity index (χ0v) is 21.8. The Bertz CT molecular complexity index is 848. The van der Waals surface area contributed by atoms with E-state index in [1.54, 1.807) is 38.1 Å². The summed E-state index contributed by atoms with van der Waals surface area (Å²) < 4.78 is 0. The lowest BCUT2D eigenvalue weighted by Gasteiger charge is -2.28. The number of carbonyl (C=O) groups excluding carboxylic acids is 3. The van der Waals surface area contributed by atoms with Gasteiger partial charge in [-0.3, -0.25) is 14.4 Å². The van der Waals surface area contributed by atoms with Crippen LogP contribution in [0.15, 0.2) is 30.3 Å². The Balaban J connectivity index is 2.99. The van der Waals surface area contributed by atoms with Gasteiger partial charge >= 0.3 is 5.97 Å². The van der Waals surface area contributed by atoms with Gasteiger partial charge in [-0.25, -0.2) is 4.79 Å². The van der Waals surface area contributed by atoms with Gasteiger partial charge in [-0.15, -0.1) is 0 Å². The molecule has 1 rings (SSSR count). The van der Waals surface area contributed by atoms with Crippen LogP contribution in [-0.2, 0) is 25.6 Å². The van der Waals surface area contributed by atoms with Crippen LogP contribution in [0.1, 0.15) is 58.9 Å². The van der Waals surface area contributed by atoms with Gasteiger partial charge < -0.3 is 32.5 Å². The summed E-state index contributed by atoms with van der Waals surface area (Å²) in [5.41, 5.74) is 12.4. The standard InChI is InChI=1S/C26H43N5O5/c1-5-17(4)21(28)24(33)31-22(16(2)3)25(34)29-19(13-9-10-14-27)23(32)30-20(26(35)36)15-18-11-7-6-8-12-18/h6-8,11-12,16-17,19-22H,5,9-10,13-15,27-28H2,1-4H3,(H,29,34)(H,30,32)(H,31,33)(H,35,36). The SMILES string of the molecule is CCC(C)C(N)C(=O)NC(C(=O)NC(CCCCN)C(=O)NC(Cc1ccccc1)C(=O)O)C(C)C. The normalized spacial score (nSPS) is 15.3. The molecular formula is C26H43N5O5. The molecule has 0 aliphatic rings. The first kappa shape index (κ1) is 31.1. The van der Waals surface area contributed by atoms with Gasteiger partial charge in [0.1, 0.15) is 18.1 Å². The molecule has 202 valence electrons. The van der Waals surface area contributed by atoms with Gasteiger partial charge in [-0.2, -0.15) is 0 Å². The number of aliphatic carboxylic acids is 1. The van der Waals surface area contributed by atoms with E-state index in [0.717, 1.165) is 5.56 Å². The minimum absolute atomic E-state index is 0.0618. The monoisotopic (exact) mass is 505 g/mol. The predicted octanol–water partition coefficient (Wildman–Crippen LogP) is 0.927. The third-order valence-electron chi connectivity index (χ3n) is 6.28. The molecule has 0 saturated heterocycles. The van der Waals surface area contributed by atoms with Crippen molar-refractivity contribution in [3.8, 4) is 0 Å². The Morgan fingerprint density at radius 2 is 1.50 bits per heavy atom. The Morgan fingerprint density at radius 3 is 2.03 bits per heavy atom. The van der Waals surface area contributed by atoms with Gasteiger partial charge in [0.2, 0.25) is 17.7 Å². The van der Waals surface area contributed by atoms with E-state index in [2.05, 4.69) is 16.0 Å². The zero-order chi connectivity index (χ0) is 27.3. The fourth-order valence-corrected chi connectivity index (χ4v) is 3.64. The van der Waals surface area contributed by atoms with E-state index in [0.29, 0.717) is 25.8 Å². The van der Waals surface area contributed by atoms with Gasteiger partial charge in [-0.05, 0) is 43.2 Å². The minimum Gasteiger partial charge on any atom is -0.480 e. The summed E-state index contributed by atoms with van der Waals surface area (Å²) >= 11 is 0. The molecule has 0 saturated carbocycles. The first-order chi connectivity index (χ1) is 17.0. The van der Waals surface area contributed by atoms with E-state index >= 15 is 0 Å². The molecule has 3 amide bonds. The van der Waals surface area contributed by atoms with E-state index in [4.69, 9.17) is 11.5 Å². The number of hydrogen-bond donors (Lipinski definition) is 6. The number of rotatable bonds is 16. The second kappa shape index (κ2) is 15.9. The molecule has 0 bridgehead atoms. The number of carboxylic acid groups (broad SMARTS) is 1. The average molecular weight is 506 g/mol. The first-order valence-electron chi connectivity index (χ1n) is 12.6. The van der Waals surface area contributed by atoms with E-state index in [1.807, 2.05) is 19.9 Å². The van der Waals surface area contributed by atoms with Crippen molar-refractivity contribution in [3.63, 3.8) is 0 Å². The lowest BCUT2D eigenvalue weighted by Crippen LogP contribution is -2.59. The smallest absolute Gasteiger partial charge is 0.326 e. The van der Waals surface area contributed by atoms with Crippen LogP contribution in [0.4, 0.5) is 0 Å². The molecule has 5 unspecified atom stereocenters. The molecule has 0 aliphatic carbocycles. The average Bonchev–Trinajstić information content (AvgIpc) is 2.85. The van der Waals surface area contributed by atoms with Gasteiger partial charge in [-0.1, -0.05) is 64.4 Å². The lowest BCUT2D eigenvalue weighted by atomic mass is 9.97. The topological polar surface area (TPSA) is 177 Å². The molecule has 0 aliphatic heterocycles. The molecule has 0 spiro atoms. The quantitative estimate of drug-likeness (QED) is 0.181. The van der Waals surface area contributed by atoms with Crippen LogP contribution in [0.25, 0.3) is 0 Å². The van der Waals surface area contributed by atoms with E-state index in [-0.39, 0.29) is 24.7 Å². The molecule has 36 heavy (non-hydrogen) atoms. The van der Waals surface area contributed by atoms with Crippen molar-refractivity contribution in [2.75, 3.05) is 6.54 Å². The Kier molecular flexibility index (Phi) is 13.7. The molecule has 0 radical (unpaired) electrons. The molecule has 1 aromatic carbocycles. The highest BCUT2D eigenvalue weighted by molar-refractivity contribution is 5.94. The lowest BCUT2D eigenvalue weighted by molar-refractivity contribution is -0.142. The molecule has 10 nitrogen and oxygen atoms in total. The van der Waals surface area contributed by atoms with E-state index < -0.39 is 47.9 Å². The second-order valence-electron chi connectivity index (χ2n) is 9.58. The molecule has 0 fully saturated rings. The molecular weight excluding hydrogens is 462 g/mol. The predicted molar refractivity (Wildman–Crippen MR) is 139 cm³/mol. The van der Waals surface area contributed by atoms with Crippen molar-refractivity contribution in [1.82, 2.24) is 16.0 Å². The first-order valence-corrected chi connectivity index (χ1v) is 12.6. The number of hydrogen-bond acceptors (Lipinski definition) is 6. The molecule has 1 aromatic rings. The summed E-state index contributed by atoms with van der Waals surface area (Å²) in [6.45, 7) is 7.77. The van der Waals surface area contributed by atoms with Crippen molar-refractivity contribution in [2.45, 2.75) is 84.0 Å². The van der Waals surface area contributed by atoms with Crippen molar-refractivity contribution in [3.05, 3.63) is 35.9 Å². The second-order valence-corrected chi connectivity index (χ2v) is 9.58. The number of nitrogens with two attached hydrogens (primary N) is 2. The number of unbranched alkanes of at least 4 members (excludes halogenated alkanes) is 1. The molecule has 0 aromatic heterocycles. The Morgan fingerprint density at radius 1 is 0.889 bits per heavy atom. The largest absolute Gasteiger partial charge is 0.480 e. The Hall–Kier alpha value is -2.98. The van der Waals surface area contributed by atoms with Crippen LogP contribution >= 0.6 is 0 Å². The highest BCUT2D eigenvalue weighted by atomic mass is 16.4. The summed E-state index contributed by atoms with van der Waals surface area (Å²) in [6.07, 6.45) is 2.29. The summed E-state index contributed by atoms with van der Waals surface area (Å²) in [5.74, 6) is -3.07. The fourth-order valence-electron chi connectivity index (χ4n) is 3.64. The fraction of sp³-hybridized carbons (Fsp3) is 0.615. The minimum atomic E-state index is -1.18. The van der Waals surface area contributed by atoms with Gasteiger partial charge in [0.25, 0.3) is 0 Å². The van der Waals surface area contributed by atoms with Gasteiger partial charge in [0.15, 0.2) is 0 Å². The van der Waals surface area contributed by atoms with E-state index in [9.17, 15) is 24.3 Å². The van der Waals surface area contributed by atoms with Crippen LogP contribution in [0.2, 0.25) is 0 Å². The summed E-state index contributed by atoms with van der Waals surface area (Å²) in [6, 6.07) is 5.15. The van der Waals surface area contributed by atoms with Crippen molar-refractivity contribution in [1.29, 1.82) is 0 Å². The number of carbonyl (C=O) groups is 4. The van der Waals surface area contributed by atoms with Crippen molar-refractivity contribution >= 4 is 23.7 Å². The Labute approximate surface area is 213 Å². The summed E-state index contributed by atoms with van der Waals surface area (Å²) in [4.78, 5) is 50.7. The van der Waals surface area contributed by atoms with Gasteiger partial charge in [0, 0.05) is 6.42 Å². The third-order valence-corrected chi connectivity index (χ3v) is 6.28. The van der Waals surface area contributed by atoms with Crippen LogP contribution in [-0.4, -0.2) is 59.5 Å². The molecule has 8 N–H and O–H groups in total. The highest BCUT2D eigenvalue weighted by Gasteiger charge is 2.32. The van der Waals surface area contributed by atoms with E-state index in [1.165, 1.54) is 0 Å². The number of nitrogens with one attached hydrogen (secondary N) is 3. The third kappa shape index (κ3) is 10.3. The van der Waals surface area contributed by atoms with Crippen LogP contribution in [0.3, 0.4) is 0 Å². The van der Waals surface area contributed by atoms with Crippen LogP contribution < -0.4 is 27.4 Å². The molecule has 10 heteroatoms. The van der Waals surface area contributed by atoms with Crippen LogP contribution in [0, 0.1) is 11.8 Å².